The first-order valence-corrected chi connectivity index (χ1v) is 7.05. The lowest BCUT2D eigenvalue weighted by atomic mass is 8.91. The first-order valence-electron chi connectivity index (χ1n) is 7.05. The minimum Gasteiger partial charge on any atom is -0.351 e. The molecule has 1 aliphatic heterocycles. The normalized spacial score (nSPS) is 18.3. The largest absolute Gasteiger partial charge is 0.351 e. The molecule has 0 radical (unpaired) electrons. The molecular weight excluding hydrogens is 226 g/mol. The number of hydrogen-bond donors (Lipinski definition) is 0. The molecule has 1 aliphatic rings. The van der Waals surface area contributed by atoms with Crippen molar-refractivity contribution in [1.29, 1.82) is 0 Å². The molecule has 3 rings (SSSR count). The van der Waals surface area contributed by atoms with Gasteiger partial charge in [0, 0.05) is 13.4 Å². The monoisotopic (exact) mass is 245 g/mol. The second-order valence-corrected chi connectivity index (χ2v) is 6.25. The van der Waals surface area contributed by atoms with E-state index in [9.17, 15) is 0 Å². The maximum Gasteiger partial charge on any atom is 0.00322 e. The van der Waals surface area contributed by atoms with E-state index in [0.29, 0.717) is 18.6 Å². The summed E-state index contributed by atoms with van der Waals surface area (Å²) in [4.78, 5) is 0. The van der Waals surface area contributed by atoms with Crippen LogP contribution in [0.4, 0.5) is 0 Å². The Labute approximate surface area is 117 Å². The quantitative estimate of drug-likeness (QED) is 0.563. The lowest BCUT2D eigenvalue weighted by molar-refractivity contribution is 0.872. The first-order chi connectivity index (χ1) is 9.12. The molecule has 0 amide bonds. The third-order valence-corrected chi connectivity index (χ3v) is 4.66. The van der Waals surface area contributed by atoms with Gasteiger partial charge in [-0.3, -0.25) is 0 Å². The molecule has 19 heavy (non-hydrogen) atoms. The van der Waals surface area contributed by atoms with Gasteiger partial charge in [-0.15, -0.1) is 16.1 Å². The molecule has 0 bridgehead atoms. The Morgan fingerprint density at radius 2 is 1.11 bits per heavy atom. The van der Waals surface area contributed by atoms with Crippen molar-refractivity contribution < 1.29 is 0 Å². The fourth-order valence-corrected chi connectivity index (χ4v) is 4.09. The van der Waals surface area contributed by atoms with Crippen LogP contribution in [0.15, 0.2) is 60.7 Å². The summed E-state index contributed by atoms with van der Waals surface area (Å²) >= 11 is 0. The van der Waals surface area contributed by atoms with E-state index >= 15 is 0 Å². The Morgan fingerprint density at radius 1 is 0.737 bits per heavy atom. The van der Waals surface area contributed by atoms with Gasteiger partial charge in [0.15, 0.2) is 0 Å². The third kappa shape index (κ3) is 1.94. The predicted molar refractivity (Wildman–Crippen MR) is 86.6 cm³/mol. The smallest absolute Gasteiger partial charge is 0.00322 e. The SMILES string of the molecule is C[C-]1B(c2ccccc2)C(C)(C)B1c1ccccc1. The Hall–Kier alpha value is -1.43. The van der Waals surface area contributed by atoms with Gasteiger partial charge in [-0.25, -0.2) is 0 Å². The number of hydrogen-bond acceptors (Lipinski definition) is 0. The zero-order chi connectivity index (χ0) is 13.5. The fourth-order valence-electron chi connectivity index (χ4n) is 4.09. The summed E-state index contributed by atoms with van der Waals surface area (Å²) in [7, 11) is 0. The maximum absolute atomic E-state index is 2.40. The van der Waals surface area contributed by atoms with E-state index in [4.69, 9.17) is 0 Å². The number of benzene rings is 2. The van der Waals surface area contributed by atoms with Crippen LogP contribution in [0.25, 0.3) is 0 Å². The second-order valence-electron chi connectivity index (χ2n) is 6.25. The van der Waals surface area contributed by atoms with E-state index in [-0.39, 0.29) is 0 Å². The summed E-state index contributed by atoms with van der Waals surface area (Å²) in [6.45, 7) is 8.28. The van der Waals surface area contributed by atoms with E-state index in [1.165, 1.54) is 10.9 Å². The Balaban J connectivity index is 1.93. The molecule has 1 saturated heterocycles. The first kappa shape index (κ1) is 12.6. The highest BCUT2D eigenvalue weighted by atomic mass is 14.2. The van der Waals surface area contributed by atoms with Crippen molar-refractivity contribution >= 4 is 24.4 Å². The van der Waals surface area contributed by atoms with E-state index in [1.807, 2.05) is 0 Å². The standard InChI is InChI=1S/C17H19B2/c1-14-18(15-10-6-4-7-11-15)17(2,3)19(14)16-12-8-5-9-13-16/h4-13H,1-3H3/q-1. The summed E-state index contributed by atoms with van der Waals surface area (Å²) in [6, 6.07) is 21.8. The van der Waals surface area contributed by atoms with Gasteiger partial charge in [-0.1, -0.05) is 74.5 Å². The molecule has 1 heterocycles. The van der Waals surface area contributed by atoms with Crippen LogP contribution in [0.1, 0.15) is 20.8 Å². The van der Waals surface area contributed by atoms with Gasteiger partial charge in [0.2, 0.25) is 0 Å². The van der Waals surface area contributed by atoms with Gasteiger partial charge in [-0.05, 0) is 0 Å². The Bertz CT molecular complexity index is 498. The van der Waals surface area contributed by atoms with E-state index in [0.717, 1.165) is 0 Å². The summed E-state index contributed by atoms with van der Waals surface area (Å²) in [6.07, 6.45) is 0. The van der Waals surface area contributed by atoms with Gasteiger partial charge in [0.25, 0.3) is 0 Å². The highest BCUT2D eigenvalue weighted by Gasteiger charge is 2.46. The molecule has 0 unspecified atom stereocenters. The fraction of sp³-hybridized carbons (Fsp3) is 0.235. The molecule has 0 N–H and O–H groups in total. The highest BCUT2D eigenvalue weighted by Crippen LogP contribution is 2.49. The van der Waals surface area contributed by atoms with Crippen LogP contribution in [0.3, 0.4) is 0 Å². The van der Waals surface area contributed by atoms with Crippen molar-refractivity contribution in [3.63, 3.8) is 0 Å². The summed E-state index contributed by atoms with van der Waals surface area (Å²) in [5, 5.41) is 0.298. The molecule has 94 valence electrons. The van der Waals surface area contributed by atoms with Gasteiger partial charge >= 0.3 is 0 Å². The molecular formula is C17H19B2-. The molecule has 2 heteroatoms. The Morgan fingerprint density at radius 3 is 1.42 bits per heavy atom. The predicted octanol–water partition coefficient (Wildman–Crippen LogP) is 2.80. The summed E-state index contributed by atoms with van der Waals surface area (Å²) in [5.41, 5.74) is 4.51. The molecule has 2 aromatic carbocycles. The van der Waals surface area contributed by atoms with Crippen molar-refractivity contribution in [3.05, 3.63) is 66.4 Å². The molecule has 0 nitrogen and oxygen atoms in total. The van der Waals surface area contributed by atoms with Crippen molar-refractivity contribution in [2.24, 2.45) is 0 Å². The minimum absolute atomic E-state index is 0.298. The van der Waals surface area contributed by atoms with Crippen molar-refractivity contribution in [2.45, 2.75) is 26.0 Å². The third-order valence-electron chi connectivity index (χ3n) is 4.66. The van der Waals surface area contributed by atoms with Crippen LogP contribution in [0, 0.1) is 5.72 Å². The average molecular weight is 245 g/mol. The molecule has 0 aliphatic carbocycles. The highest BCUT2D eigenvalue weighted by molar-refractivity contribution is 7.16. The van der Waals surface area contributed by atoms with Crippen LogP contribution >= 0.6 is 0 Å². The topological polar surface area (TPSA) is 0 Å². The molecule has 0 atom stereocenters. The zero-order valence-electron chi connectivity index (χ0n) is 11.9. The average Bonchev–Trinajstić information content (AvgIpc) is 2.40. The van der Waals surface area contributed by atoms with Crippen molar-refractivity contribution in [2.75, 3.05) is 0 Å². The Kier molecular flexibility index (Phi) is 3.05. The van der Waals surface area contributed by atoms with Gasteiger partial charge < -0.3 is 5.72 Å². The zero-order valence-corrected chi connectivity index (χ0v) is 11.9. The molecule has 0 spiro atoms. The van der Waals surface area contributed by atoms with Crippen LogP contribution in [-0.2, 0) is 0 Å². The summed E-state index contributed by atoms with van der Waals surface area (Å²) < 4.78 is 0. The van der Waals surface area contributed by atoms with Crippen LogP contribution in [0.5, 0.6) is 0 Å². The molecule has 0 aromatic heterocycles. The number of rotatable bonds is 2. The van der Waals surface area contributed by atoms with E-state index < -0.39 is 0 Å². The van der Waals surface area contributed by atoms with Gasteiger partial charge in [0.05, 0.1) is 0 Å². The molecule has 2 aromatic rings. The van der Waals surface area contributed by atoms with Crippen molar-refractivity contribution in [1.82, 2.24) is 0 Å². The lowest BCUT2D eigenvalue weighted by Crippen LogP contribution is -2.71. The van der Waals surface area contributed by atoms with Crippen LogP contribution in [0.2, 0.25) is 5.21 Å². The lowest BCUT2D eigenvalue weighted by Gasteiger charge is -2.67. The maximum atomic E-state index is 2.40. The van der Waals surface area contributed by atoms with Crippen molar-refractivity contribution in [3.8, 4) is 0 Å². The van der Waals surface area contributed by atoms with Gasteiger partial charge in [0.1, 0.15) is 0 Å². The summed E-state index contributed by atoms with van der Waals surface area (Å²) in [5.74, 6) is 0. The van der Waals surface area contributed by atoms with Crippen LogP contribution in [-0.4, -0.2) is 13.4 Å². The molecule has 0 saturated carbocycles. The minimum atomic E-state index is 0.298. The van der Waals surface area contributed by atoms with Crippen LogP contribution < -0.4 is 10.9 Å². The van der Waals surface area contributed by atoms with E-state index in [1.54, 1.807) is 5.72 Å². The van der Waals surface area contributed by atoms with E-state index in [2.05, 4.69) is 81.4 Å². The molecule has 1 fully saturated rings. The second kappa shape index (κ2) is 4.59. The van der Waals surface area contributed by atoms with Gasteiger partial charge in [-0.2, -0.15) is 6.92 Å².